The van der Waals surface area contributed by atoms with Crippen LogP contribution in [0.4, 0.5) is 5.69 Å². The summed E-state index contributed by atoms with van der Waals surface area (Å²) in [5, 5.41) is 12.3. The van der Waals surface area contributed by atoms with Gasteiger partial charge in [-0.2, -0.15) is 10.4 Å². The van der Waals surface area contributed by atoms with Crippen molar-refractivity contribution in [2.45, 2.75) is 6.92 Å². The summed E-state index contributed by atoms with van der Waals surface area (Å²) in [6.07, 6.45) is 0.305. The van der Waals surface area contributed by atoms with E-state index in [1.54, 1.807) is 25.1 Å². The minimum absolute atomic E-state index is 0.162. The van der Waals surface area contributed by atoms with Crippen molar-refractivity contribution in [3.63, 3.8) is 0 Å². The number of hydrazone groups is 1. The normalized spacial score (nSPS) is 10.3. The Labute approximate surface area is 104 Å². The molecule has 92 valence electrons. The molecule has 0 aliphatic carbocycles. The molecular weight excluding hydrogens is 234 g/mol. The summed E-state index contributed by atoms with van der Waals surface area (Å²) in [6, 6.07) is 8.43. The van der Waals surface area contributed by atoms with Crippen LogP contribution >= 0.6 is 0 Å². The first-order chi connectivity index (χ1) is 8.71. The fourth-order valence-corrected chi connectivity index (χ4v) is 1.11. The summed E-state index contributed by atoms with van der Waals surface area (Å²) in [5.74, 6) is -0.795. The average molecular weight is 245 g/mol. The second-order valence-corrected chi connectivity index (χ2v) is 3.14. The number of ether oxygens (including phenoxy) is 1. The lowest BCUT2D eigenvalue weighted by molar-refractivity contribution is -0.135. The molecule has 1 aromatic rings. The fourth-order valence-electron chi connectivity index (χ4n) is 1.11. The van der Waals surface area contributed by atoms with E-state index in [4.69, 9.17) is 5.26 Å². The van der Waals surface area contributed by atoms with E-state index in [1.807, 2.05) is 6.07 Å². The van der Waals surface area contributed by atoms with Crippen LogP contribution in [0.5, 0.6) is 0 Å². The van der Waals surface area contributed by atoms with Gasteiger partial charge in [0.15, 0.2) is 6.29 Å². The zero-order valence-electron chi connectivity index (χ0n) is 9.71. The van der Waals surface area contributed by atoms with Crippen molar-refractivity contribution in [1.29, 1.82) is 5.26 Å². The number of hydrogen-bond acceptors (Lipinski definition) is 6. The van der Waals surface area contributed by atoms with Crippen LogP contribution < -0.4 is 5.43 Å². The highest BCUT2D eigenvalue weighted by Crippen LogP contribution is 2.09. The van der Waals surface area contributed by atoms with E-state index in [1.165, 1.54) is 6.07 Å². The van der Waals surface area contributed by atoms with Gasteiger partial charge < -0.3 is 4.74 Å². The van der Waals surface area contributed by atoms with E-state index in [-0.39, 0.29) is 12.3 Å². The van der Waals surface area contributed by atoms with Gasteiger partial charge in [0, 0.05) is 0 Å². The largest absolute Gasteiger partial charge is 0.461 e. The minimum Gasteiger partial charge on any atom is -0.461 e. The first-order valence-corrected chi connectivity index (χ1v) is 5.17. The maximum atomic E-state index is 11.2. The van der Waals surface area contributed by atoms with Gasteiger partial charge in [-0.25, -0.2) is 4.79 Å². The molecule has 0 aliphatic heterocycles. The van der Waals surface area contributed by atoms with Crippen LogP contribution in [0, 0.1) is 11.3 Å². The van der Waals surface area contributed by atoms with E-state index in [9.17, 15) is 9.59 Å². The third kappa shape index (κ3) is 3.72. The molecule has 0 amide bonds. The van der Waals surface area contributed by atoms with Crippen LogP contribution in [-0.2, 0) is 14.3 Å². The molecule has 18 heavy (non-hydrogen) atoms. The second kappa shape index (κ2) is 6.81. The molecule has 0 heterocycles. The van der Waals surface area contributed by atoms with Crippen LogP contribution in [0.25, 0.3) is 0 Å². The van der Waals surface area contributed by atoms with Crippen molar-refractivity contribution in [3.05, 3.63) is 29.8 Å². The van der Waals surface area contributed by atoms with Crippen LogP contribution in [0.2, 0.25) is 0 Å². The Morgan fingerprint density at radius 2 is 2.39 bits per heavy atom. The van der Waals surface area contributed by atoms with Crippen molar-refractivity contribution in [2.75, 3.05) is 12.0 Å². The van der Waals surface area contributed by atoms with Crippen molar-refractivity contribution >= 4 is 23.7 Å². The predicted molar refractivity (Wildman–Crippen MR) is 64.9 cm³/mol. The van der Waals surface area contributed by atoms with E-state index in [0.29, 0.717) is 17.5 Å². The van der Waals surface area contributed by atoms with E-state index < -0.39 is 5.97 Å². The van der Waals surface area contributed by atoms with E-state index >= 15 is 0 Å². The molecule has 6 nitrogen and oxygen atoms in total. The number of anilines is 1. The highest BCUT2D eigenvalue weighted by Gasteiger charge is 2.11. The number of aldehydes is 1. The van der Waals surface area contributed by atoms with Gasteiger partial charge in [0.05, 0.1) is 23.9 Å². The Hall–Kier alpha value is -2.68. The second-order valence-electron chi connectivity index (χ2n) is 3.14. The van der Waals surface area contributed by atoms with Gasteiger partial charge in [-0.15, -0.1) is 0 Å². The zero-order chi connectivity index (χ0) is 13.4. The summed E-state index contributed by atoms with van der Waals surface area (Å²) in [6.45, 7) is 1.79. The minimum atomic E-state index is -0.795. The summed E-state index contributed by atoms with van der Waals surface area (Å²) < 4.78 is 4.63. The van der Waals surface area contributed by atoms with Crippen LogP contribution in [-0.4, -0.2) is 24.6 Å². The molecule has 0 saturated heterocycles. The van der Waals surface area contributed by atoms with Crippen LogP contribution in [0.15, 0.2) is 29.4 Å². The maximum Gasteiger partial charge on any atom is 0.362 e. The summed E-state index contributed by atoms with van der Waals surface area (Å²) in [7, 11) is 0. The lowest BCUT2D eigenvalue weighted by Gasteiger charge is -2.02. The van der Waals surface area contributed by atoms with Gasteiger partial charge in [-0.3, -0.25) is 10.2 Å². The Kier molecular flexibility index (Phi) is 5.06. The molecule has 0 fully saturated rings. The monoisotopic (exact) mass is 245 g/mol. The van der Waals surface area contributed by atoms with Gasteiger partial charge in [-0.05, 0) is 25.1 Å². The topological polar surface area (TPSA) is 91.6 Å². The highest BCUT2D eigenvalue weighted by molar-refractivity contribution is 6.58. The molecule has 0 radical (unpaired) electrons. The smallest absolute Gasteiger partial charge is 0.362 e. The van der Waals surface area contributed by atoms with Crippen molar-refractivity contribution in [1.82, 2.24) is 0 Å². The molecule has 1 rings (SSSR count). The molecule has 0 aromatic heterocycles. The molecule has 6 heteroatoms. The third-order valence-electron chi connectivity index (χ3n) is 1.89. The zero-order valence-corrected chi connectivity index (χ0v) is 9.71. The standard InChI is InChI=1S/C12H11N3O3/c1-2-18-12(17)11(8-16)15-14-10-5-3-4-9(6-10)7-13/h3-6,8,14H,2H2,1H3/b15-11+. The lowest BCUT2D eigenvalue weighted by atomic mass is 10.2. The van der Waals surface area contributed by atoms with Gasteiger partial charge in [0.2, 0.25) is 5.71 Å². The number of hydrogen-bond donors (Lipinski definition) is 1. The Morgan fingerprint density at radius 1 is 1.61 bits per heavy atom. The molecular formula is C12H11N3O3. The predicted octanol–water partition coefficient (Wildman–Crippen LogP) is 1.09. The number of nitriles is 1. The lowest BCUT2D eigenvalue weighted by Crippen LogP contribution is -2.20. The summed E-state index contributed by atoms with van der Waals surface area (Å²) in [4.78, 5) is 21.9. The molecule has 1 aromatic carbocycles. The number of carbonyl (C=O) groups is 2. The number of benzene rings is 1. The van der Waals surface area contributed by atoms with Crippen LogP contribution in [0.3, 0.4) is 0 Å². The number of nitrogens with zero attached hydrogens (tertiary/aromatic N) is 2. The van der Waals surface area contributed by atoms with Crippen molar-refractivity contribution in [3.8, 4) is 6.07 Å². The summed E-state index contributed by atoms with van der Waals surface area (Å²) >= 11 is 0. The number of carbonyl (C=O) groups excluding carboxylic acids is 2. The van der Waals surface area contributed by atoms with E-state index in [0.717, 1.165) is 0 Å². The van der Waals surface area contributed by atoms with E-state index in [2.05, 4.69) is 15.3 Å². The number of esters is 1. The molecule has 0 spiro atoms. The van der Waals surface area contributed by atoms with Crippen molar-refractivity contribution in [2.24, 2.45) is 5.10 Å². The first-order valence-electron chi connectivity index (χ1n) is 5.17. The quantitative estimate of drug-likeness (QED) is 0.275. The fraction of sp³-hybridized carbons (Fsp3) is 0.167. The molecule has 0 aliphatic rings. The molecule has 0 saturated carbocycles. The number of nitrogens with one attached hydrogen (secondary N) is 1. The third-order valence-corrected chi connectivity index (χ3v) is 1.89. The van der Waals surface area contributed by atoms with Gasteiger partial charge in [0.25, 0.3) is 0 Å². The molecule has 0 atom stereocenters. The first kappa shape index (κ1) is 13.4. The van der Waals surface area contributed by atoms with Gasteiger partial charge in [0.1, 0.15) is 0 Å². The van der Waals surface area contributed by atoms with Crippen molar-refractivity contribution < 1.29 is 14.3 Å². The average Bonchev–Trinajstić information content (AvgIpc) is 2.40. The number of rotatable bonds is 5. The Morgan fingerprint density at radius 3 is 3.00 bits per heavy atom. The Balaban J connectivity index is 2.80. The SMILES string of the molecule is CCOC(=O)/C(C=O)=N/Nc1cccc(C#N)c1. The van der Waals surface area contributed by atoms with Crippen LogP contribution in [0.1, 0.15) is 12.5 Å². The van der Waals surface area contributed by atoms with Gasteiger partial charge >= 0.3 is 5.97 Å². The maximum absolute atomic E-state index is 11.2. The Bertz CT molecular complexity index is 518. The summed E-state index contributed by atoms with van der Waals surface area (Å²) in [5.41, 5.74) is 3.09. The molecule has 0 bridgehead atoms. The highest BCUT2D eigenvalue weighted by atomic mass is 16.5. The van der Waals surface area contributed by atoms with Gasteiger partial charge in [-0.1, -0.05) is 6.07 Å². The molecule has 0 unspecified atom stereocenters. The molecule has 1 N–H and O–H groups in total.